The lowest BCUT2D eigenvalue weighted by Gasteiger charge is -2.29. The fourth-order valence-electron chi connectivity index (χ4n) is 4.04. The fraction of sp³-hybridized carbons (Fsp3) is 0.385. The van der Waals surface area contributed by atoms with Crippen molar-refractivity contribution in [2.24, 2.45) is 5.41 Å². The standard InChI is InChI=1S/C26H31NO5/c1-8-32-20-14-17(9-10-19(20)31-7)22-21(24(29)26(4,5)6)23(28)25(30)27(22)18-12-15(2)11-16(3)13-18/h9-14,22,28H,8H2,1-7H3. The van der Waals surface area contributed by atoms with Crippen LogP contribution in [-0.2, 0) is 9.59 Å². The summed E-state index contributed by atoms with van der Waals surface area (Å²) in [5.74, 6) is -0.331. The van der Waals surface area contributed by atoms with Gasteiger partial charge in [0, 0.05) is 11.1 Å². The van der Waals surface area contributed by atoms with Crippen LogP contribution >= 0.6 is 0 Å². The number of hydrogen-bond acceptors (Lipinski definition) is 5. The van der Waals surface area contributed by atoms with E-state index >= 15 is 0 Å². The van der Waals surface area contributed by atoms with Gasteiger partial charge in [0.2, 0.25) is 0 Å². The summed E-state index contributed by atoms with van der Waals surface area (Å²) in [6.07, 6.45) is 0. The van der Waals surface area contributed by atoms with Crippen molar-refractivity contribution in [3.63, 3.8) is 0 Å². The highest BCUT2D eigenvalue weighted by Crippen LogP contribution is 2.45. The molecule has 3 rings (SSSR count). The molecule has 0 aliphatic carbocycles. The highest BCUT2D eigenvalue weighted by atomic mass is 16.5. The number of Topliss-reactive ketones (excluding diaryl/α,β-unsaturated/α-hetero) is 1. The summed E-state index contributed by atoms with van der Waals surface area (Å²) in [7, 11) is 1.55. The Labute approximate surface area is 189 Å². The molecule has 32 heavy (non-hydrogen) atoms. The molecular weight excluding hydrogens is 406 g/mol. The smallest absolute Gasteiger partial charge is 0.294 e. The van der Waals surface area contributed by atoms with E-state index in [0.717, 1.165) is 11.1 Å². The molecular formula is C26H31NO5. The van der Waals surface area contributed by atoms with E-state index in [1.807, 2.05) is 39.0 Å². The number of hydrogen-bond donors (Lipinski definition) is 1. The predicted molar refractivity (Wildman–Crippen MR) is 124 cm³/mol. The van der Waals surface area contributed by atoms with Gasteiger partial charge in [0.15, 0.2) is 23.0 Å². The summed E-state index contributed by atoms with van der Waals surface area (Å²) >= 11 is 0. The molecule has 1 unspecified atom stereocenters. The first-order valence-corrected chi connectivity index (χ1v) is 10.7. The first-order chi connectivity index (χ1) is 15.0. The van der Waals surface area contributed by atoms with Crippen LogP contribution in [-0.4, -0.2) is 30.5 Å². The van der Waals surface area contributed by atoms with Gasteiger partial charge in [0.25, 0.3) is 5.91 Å². The lowest BCUT2D eigenvalue weighted by Crippen LogP contribution is -2.33. The van der Waals surface area contributed by atoms with Gasteiger partial charge in [-0.25, -0.2) is 0 Å². The molecule has 6 nitrogen and oxygen atoms in total. The summed E-state index contributed by atoms with van der Waals surface area (Å²) < 4.78 is 11.1. The quantitative estimate of drug-likeness (QED) is 0.670. The minimum Gasteiger partial charge on any atom is -0.503 e. The number of anilines is 1. The Bertz CT molecular complexity index is 1070. The number of ether oxygens (including phenoxy) is 2. The van der Waals surface area contributed by atoms with Crippen molar-refractivity contribution in [1.29, 1.82) is 0 Å². The molecule has 1 aliphatic rings. The Morgan fingerprint density at radius 1 is 1.06 bits per heavy atom. The average Bonchev–Trinajstić information content (AvgIpc) is 2.97. The zero-order chi connectivity index (χ0) is 23.8. The summed E-state index contributed by atoms with van der Waals surface area (Å²) in [6, 6.07) is 10.3. The van der Waals surface area contributed by atoms with Crippen LogP contribution in [0.1, 0.15) is 50.4 Å². The molecule has 1 aliphatic heterocycles. The number of rotatable bonds is 6. The molecule has 1 N–H and O–H groups in total. The lowest BCUT2D eigenvalue weighted by molar-refractivity contribution is -0.123. The fourth-order valence-corrected chi connectivity index (χ4v) is 4.04. The van der Waals surface area contributed by atoms with Crippen LogP contribution in [0.2, 0.25) is 0 Å². The van der Waals surface area contributed by atoms with Crippen LogP contribution in [0.25, 0.3) is 0 Å². The summed E-state index contributed by atoms with van der Waals surface area (Å²) in [5.41, 5.74) is 2.54. The maximum Gasteiger partial charge on any atom is 0.294 e. The van der Waals surface area contributed by atoms with Crippen LogP contribution in [0.15, 0.2) is 47.7 Å². The number of benzene rings is 2. The predicted octanol–water partition coefficient (Wildman–Crippen LogP) is 5.23. The van der Waals surface area contributed by atoms with Gasteiger partial charge < -0.3 is 14.6 Å². The number of aryl methyl sites for hydroxylation is 2. The minimum atomic E-state index is -0.791. The highest BCUT2D eigenvalue weighted by molar-refractivity contribution is 6.17. The van der Waals surface area contributed by atoms with Crippen molar-refractivity contribution in [3.8, 4) is 11.5 Å². The van der Waals surface area contributed by atoms with Crippen molar-refractivity contribution in [3.05, 3.63) is 64.4 Å². The number of methoxy groups -OCH3 is 1. The maximum absolute atomic E-state index is 13.4. The SMILES string of the molecule is CCOc1cc(C2C(C(=O)C(C)(C)C)=C(O)C(=O)N2c2cc(C)cc(C)c2)ccc1OC. The average molecular weight is 438 g/mol. The first kappa shape index (κ1) is 23.4. The third-order valence-corrected chi connectivity index (χ3v) is 5.42. The Morgan fingerprint density at radius 2 is 1.69 bits per heavy atom. The second-order valence-electron chi connectivity index (χ2n) is 9.11. The number of aliphatic hydroxyl groups is 1. The monoisotopic (exact) mass is 437 g/mol. The van der Waals surface area contributed by atoms with E-state index in [-0.39, 0.29) is 11.4 Å². The molecule has 0 radical (unpaired) electrons. The van der Waals surface area contributed by atoms with E-state index < -0.39 is 23.1 Å². The van der Waals surface area contributed by atoms with Gasteiger partial charge in [0.1, 0.15) is 0 Å². The van der Waals surface area contributed by atoms with Crippen molar-refractivity contribution in [1.82, 2.24) is 0 Å². The summed E-state index contributed by atoms with van der Waals surface area (Å²) in [6.45, 7) is 11.5. The lowest BCUT2D eigenvalue weighted by atomic mass is 9.82. The van der Waals surface area contributed by atoms with Gasteiger partial charge in [-0.1, -0.05) is 32.9 Å². The van der Waals surface area contributed by atoms with E-state index in [4.69, 9.17) is 9.47 Å². The second-order valence-corrected chi connectivity index (χ2v) is 9.11. The maximum atomic E-state index is 13.4. The molecule has 0 saturated carbocycles. The van der Waals surface area contributed by atoms with Crippen LogP contribution in [0.4, 0.5) is 5.69 Å². The molecule has 0 saturated heterocycles. The number of amides is 1. The van der Waals surface area contributed by atoms with Crippen LogP contribution in [0, 0.1) is 19.3 Å². The molecule has 0 fully saturated rings. The van der Waals surface area contributed by atoms with Gasteiger partial charge in [-0.2, -0.15) is 0 Å². The Balaban J connectivity index is 2.26. The summed E-state index contributed by atoms with van der Waals surface area (Å²) in [5, 5.41) is 10.9. The Hall–Kier alpha value is -3.28. The molecule has 0 spiro atoms. The molecule has 0 bridgehead atoms. The van der Waals surface area contributed by atoms with Crippen molar-refractivity contribution < 1.29 is 24.2 Å². The van der Waals surface area contributed by atoms with Crippen molar-refractivity contribution >= 4 is 17.4 Å². The van der Waals surface area contributed by atoms with Gasteiger partial charge in [-0.05, 0) is 61.7 Å². The van der Waals surface area contributed by atoms with Gasteiger partial charge in [-0.3, -0.25) is 14.5 Å². The number of nitrogens with zero attached hydrogens (tertiary/aromatic N) is 1. The molecule has 1 amide bonds. The molecule has 2 aromatic rings. The molecule has 1 atom stereocenters. The first-order valence-electron chi connectivity index (χ1n) is 10.7. The third kappa shape index (κ3) is 4.22. The van der Waals surface area contributed by atoms with Crippen LogP contribution in [0.3, 0.4) is 0 Å². The van der Waals surface area contributed by atoms with E-state index in [2.05, 4.69) is 0 Å². The van der Waals surface area contributed by atoms with Gasteiger partial charge in [-0.15, -0.1) is 0 Å². The van der Waals surface area contributed by atoms with E-state index in [1.54, 1.807) is 46.1 Å². The number of aliphatic hydroxyl groups excluding tert-OH is 1. The molecule has 2 aromatic carbocycles. The zero-order valence-electron chi connectivity index (χ0n) is 19.8. The topological polar surface area (TPSA) is 76.1 Å². The molecule has 0 aromatic heterocycles. The van der Waals surface area contributed by atoms with Gasteiger partial charge >= 0.3 is 0 Å². The second kappa shape index (κ2) is 8.69. The van der Waals surface area contributed by atoms with E-state index in [9.17, 15) is 14.7 Å². The van der Waals surface area contributed by atoms with Crippen LogP contribution in [0.5, 0.6) is 11.5 Å². The minimum absolute atomic E-state index is 0.0919. The largest absolute Gasteiger partial charge is 0.503 e. The number of ketones is 1. The third-order valence-electron chi connectivity index (χ3n) is 5.42. The number of carbonyl (C=O) groups excluding carboxylic acids is 2. The van der Waals surface area contributed by atoms with E-state index in [1.165, 1.54) is 4.90 Å². The van der Waals surface area contributed by atoms with Crippen molar-refractivity contribution in [2.75, 3.05) is 18.6 Å². The normalized spacial score (nSPS) is 16.5. The van der Waals surface area contributed by atoms with Gasteiger partial charge in [0.05, 0.1) is 25.3 Å². The van der Waals surface area contributed by atoms with E-state index in [0.29, 0.717) is 29.4 Å². The zero-order valence-corrected chi connectivity index (χ0v) is 19.8. The van der Waals surface area contributed by atoms with Crippen LogP contribution < -0.4 is 14.4 Å². The van der Waals surface area contributed by atoms with Crippen molar-refractivity contribution in [2.45, 2.75) is 47.6 Å². The Kier molecular flexibility index (Phi) is 6.35. The molecule has 170 valence electrons. The molecule has 6 heteroatoms. The molecule has 1 heterocycles. The summed E-state index contributed by atoms with van der Waals surface area (Å²) in [4.78, 5) is 28.2. The number of carbonyl (C=O) groups is 2. The highest BCUT2D eigenvalue weighted by Gasteiger charge is 2.47. The Morgan fingerprint density at radius 3 is 2.22 bits per heavy atom.